The average molecular weight is 231 g/mol. The minimum atomic E-state index is -0.337. The number of rotatable bonds is 2. The van der Waals surface area contributed by atoms with Crippen molar-refractivity contribution < 1.29 is 9.63 Å². The molecule has 1 heterocycles. The first-order chi connectivity index (χ1) is 8.28. The maximum absolute atomic E-state index is 11.6. The fraction of sp³-hybridized carbons (Fsp3) is 0.500. The van der Waals surface area contributed by atoms with E-state index in [-0.39, 0.29) is 17.6 Å². The molecule has 0 amide bonds. The van der Waals surface area contributed by atoms with Crippen LogP contribution in [0.2, 0.25) is 0 Å². The second kappa shape index (κ2) is 3.93. The van der Waals surface area contributed by atoms with Crippen LogP contribution in [0.3, 0.4) is 0 Å². The van der Waals surface area contributed by atoms with E-state index in [1.54, 1.807) is 0 Å². The van der Waals surface area contributed by atoms with E-state index < -0.39 is 0 Å². The number of carbonyl (C=O) groups excluding carboxylic acids is 1. The summed E-state index contributed by atoms with van der Waals surface area (Å²) in [5, 5.41) is 1.87. The lowest BCUT2D eigenvalue weighted by atomic mass is 9.76. The zero-order chi connectivity index (χ0) is 11.9. The molecule has 1 saturated heterocycles. The summed E-state index contributed by atoms with van der Waals surface area (Å²) in [5.74, 6) is 0. The van der Waals surface area contributed by atoms with E-state index in [0.29, 0.717) is 0 Å². The second-order valence-electron chi connectivity index (χ2n) is 5.08. The Hall–Kier alpha value is -1.19. The number of hydrogen-bond donors (Lipinski definition) is 0. The summed E-state index contributed by atoms with van der Waals surface area (Å²) in [6.45, 7) is 0. The van der Waals surface area contributed by atoms with Gasteiger partial charge >= 0.3 is 0 Å². The fourth-order valence-electron chi connectivity index (χ4n) is 3.44. The minimum Gasteiger partial charge on any atom is -0.303 e. The molecule has 1 aliphatic carbocycles. The maximum atomic E-state index is 11.6. The Balaban J connectivity index is 2.05. The third-order valence-electron chi connectivity index (χ3n) is 4.18. The Morgan fingerprint density at radius 3 is 2.88 bits per heavy atom. The highest BCUT2D eigenvalue weighted by atomic mass is 16.7. The van der Waals surface area contributed by atoms with Crippen LogP contribution in [0.4, 0.5) is 0 Å². The average Bonchev–Trinajstić information content (AvgIpc) is 2.85. The molecule has 0 unspecified atom stereocenters. The molecule has 1 aromatic carbocycles. The van der Waals surface area contributed by atoms with E-state index in [1.165, 1.54) is 5.56 Å². The number of carbonyl (C=O) groups is 1. The lowest BCUT2D eigenvalue weighted by molar-refractivity contribution is -0.145. The molecule has 3 nitrogen and oxygen atoms in total. The summed E-state index contributed by atoms with van der Waals surface area (Å²) >= 11 is 0. The van der Waals surface area contributed by atoms with E-state index >= 15 is 0 Å². The standard InChI is InChI=1S/C14H17NO2/c1-15-13(11-6-3-2-4-7-11)14(10-16)9-5-8-12(14)17-15/h2-4,6-7,10,12-13H,5,8-9H2,1H3/t12-,13-,14-/m1/s1. The lowest BCUT2D eigenvalue weighted by Crippen LogP contribution is -2.34. The predicted octanol–water partition coefficient (Wildman–Crippen LogP) is 2.34. The van der Waals surface area contributed by atoms with Crippen molar-refractivity contribution in [1.82, 2.24) is 5.06 Å². The van der Waals surface area contributed by atoms with Gasteiger partial charge in [-0.05, 0) is 24.8 Å². The number of aldehydes is 1. The van der Waals surface area contributed by atoms with E-state index in [2.05, 4.69) is 12.1 Å². The van der Waals surface area contributed by atoms with Crippen molar-refractivity contribution in [2.45, 2.75) is 31.4 Å². The monoisotopic (exact) mass is 231 g/mol. The number of benzene rings is 1. The van der Waals surface area contributed by atoms with Crippen molar-refractivity contribution in [3.05, 3.63) is 35.9 Å². The minimum absolute atomic E-state index is 0.0636. The first kappa shape index (κ1) is 10.9. The summed E-state index contributed by atoms with van der Waals surface area (Å²) in [5.41, 5.74) is 0.835. The van der Waals surface area contributed by atoms with Crippen LogP contribution in [0.15, 0.2) is 30.3 Å². The Bertz CT molecular complexity index is 419. The van der Waals surface area contributed by atoms with Crippen molar-refractivity contribution in [3.63, 3.8) is 0 Å². The highest BCUT2D eigenvalue weighted by Gasteiger charge is 2.57. The quantitative estimate of drug-likeness (QED) is 0.732. The summed E-state index contributed by atoms with van der Waals surface area (Å²) in [7, 11) is 1.93. The number of nitrogens with zero attached hydrogens (tertiary/aromatic N) is 1. The van der Waals surface area contributed by atoms with Gasteiger partial charge in [0.05, 0.1) is 17.6 Å². The van der Waals surface area contributed by atoms with E-state index in [4.69, 9.17) is 4.84 Å². The van der Waals surface area contributed by atoms with Crippen molar-refractivity contribution in [2.24, 2.45) is 5.41 Å². The van der Waals surface area contributed by atoms with Gasteiger partial charge in [-0.3, -0.25) is 4.84 Å². The molecule has 0 spiro atoms. The molecule has 90 valence electrons. The topological polar surface area (TPSA) is 29.5 Å². The molecule has 3 heteroatoms. The zero-order valence-corrected chi connectivity index (χ0v) is 10.0. The Kier molecular flexibility index (Phi) is 2.53. The van der Waals surface area contributed by atoms with Gasteiger partial charge in [-0.15, -0.1) is 0 Å². The van der Waals surface area contributed by atoms with E-state index in [0.717, 1.165) is 25.5 Å². The van der Waals surface area contributed by atoms with Crippen LogP contribution in [0.1, 0.15) is 30.9 Å². The number of fused-ring (bicyclic) bond motifs is 1. The van der Waals surface area contributed by atoms with Gasteiger partial charge in [-0.2, -0.15) is 5.06 Å². The SMILES string of the molecule is CN1O[C@@H]2CCC[C@]2(C=O)[C@H]1c1ccccc1. The van der Waals surface area contributed by atoms with Gasteiger partial charge in [0.1, 0.15) is 6.29 Å². The van der Waals surface area contributed by atoms with Gasteiger partial charge in [0.25, 0.3) is 0 Å². The summed E-state index contributed by atoms with van der Waals surface area (Å²) in [4.78, 5) is 17.5. The molecule has 0 radical (unpaired) electrons. The van der Waals surface area contributed by atoms with Crippen molar-refractivity contribution in [2.75, 3.05) is 7.05 Å². The first-order valence-corrected chi connectivity index (χ1v) is 6.19. The fourth-order valence-corrected chi connectivity index (χ4v) is 3.44. The third kappa shape index (κ3) is 1.46. The maximum Gasteiger partial charge on any atom is 0.130 e. The Labute approximate surface area is 101 Å². The number of hydrogen-bond acceptors (Lipinski definition) is 3. The highest BCUT2D eigenvalue weighted by molar-refractivity contribution is 5.64. The van der Waals surface area contributed by atoms with Gasteiger partial charge in [-0.25, -0.2) is 0 Å². The molecule has 2 aliphatic rings. The summed E-state index contributed by atoms with van der Waals surface area (Å²) in [6, 6.07) is 10.3. The van der Waals surface area contributed by atoms with Crippen LogP contribution < -0.4 is 0 Å². The van der Waals surface area contributed by atoms with Gasteiger partial charge in [0.2, 0.25) is 0 Å². The van der Waals surface area contributed by atoms with Gasteiger partial charge in [0, 0.05) is 7.05 Å². The van der Waals surface area contributed by atoms with Crippen LogP contribution in [-0.2, 0) is 9.63 Å². The molecule has 0 N–H and O–H groups in total. The van der Waals surface area contributed by atoms with Crippen LogP contribution in [-0.4, -0.2) is 24.5 Å². The van der Waals surface area contributed by atoms with Crippen LogP contribution in [0.25, 0.3) is 0 Å². The first-order valence-electron chi connectivity index (χ1n) is 6.19. The zero-order valence-electron chi connectivity index (χ0n) is 10.0. The second-order valence-corrected chi connectivity index (χ2v) is 5.08. The Morgan fingerprint density at radius 1 is 1.41 bits per heavy atom. The Morgan fingerprint density at radius 2 is 2.18 bits per heavy atom. The van der Waals surface area contributed by atoms with Crippen LogP contribution in [0.5, 0.6) is 0 Å². The largest absolute Gasteiger partial charge is 0.303 e. The van der Waals surface area contributed by atoms with Crippen LogP contribution >= 0.6 is 0 Å². The molecule has 3 rings (SSSR count). The predicted molar refractivity (Wildman–Crippen MR) is 64.2 cm³/mol. The third-order valence-corrected chi connectivity index (χ3v) is 4.18. The van der Waals surface area contributed by atoms with Gasteiger partial charge in [-0.1, -0.05) is 30.3 Å². The smallest absolute Gasteiger partial charge is 0.130 e. The molecular formula is C14H17NO2. The van der Waals surface area contributed by atoms with E-state index in [1.807, 2.05) is 30.3 Å². The molecule has 17 heavy (non-hydrogen) atoms. The van der Waals surface area contributed by atoms with Crippen LogP contribution in [0, 0.1) is 5.41 Å². The molecule has 3 atom stereocenters. The molecule has 1 aromatic rings. The highest BCUT2D eigenvalue weighted by Crippen LogP contribution is 2.54. The normalized spacial score (nSPS) is 37.0. The van der Waals surface area contributed by atoms with Crippen molar-refractivity contribution in [1.29, 1.82) is 0 Å². The summed E-state index contributed by atoms with van der Waals surface area (Å²) in [6.07, 6.45) is 4.21. The number of hydroxylamine groups is 2. The molecule has 1 aliphatic heterocycles. The summed E-state index contributed by atoms with van der Waals surface area (Å²) < 4.78 is 0. The van der Waals surface area contributed by atoms with Gasteiger partial charge < -0.3 is 4.79 Å². The van der Waals surface area contributed by atoms with Crippen molar-refractivity contribution >= 4 is 6.29 Å². The molecule has 1 saturated carbocycles. The van der Waals surface area contributed by atoms with Crippen molar-refractivity contribution in [3.8, 4) is 0 Å². The van der Waals surface area contributed by atoms with Gasteiger partial charge in [0.15, 0.2) is 0 Å². The molecule has 0 bridgehead atoms. The molecular weight excluding hydrogens is 214 g/mol. The molecule has 2 fully saturated rings. The van der Waals surface area contributed by atoms with E-state index in [9.17, 15) is 4.79 Å². The molecule has 0 aromatic heterocycles. The lowest BCUT2D eigenvalue weighted by Gasteiger charge is -2.29.